The van der Waals surface area contributed by atoms with Gasteiger partial charge in [-0.2, -0.15) is 0 Å². The number of hydrogen-bond donors (Lipinski definition) is 3. The average Bonchev–Trinajstić information content (AvgIpc) is 2.37. The standard InChI is InChI=1S/C12H20N2O7/c1-3-20-10(17)6-8(12(19)21-4-2)14-11(18)7(13)5-9(15)16/h7-8H,3-6,13H2,1-2H3,(H,14,18)(H,15,16)/t7-,8-/m0/s1. The van der Waals surface area contributed by atoms with Crippen molar-refractivity contribution in [1.82, 2.24) is 5.32 Å². The van der Waals surface area contributed by atoms with Gasteiger partial charge in [-0.3, -0.25) is 14.4 Å². The van der Waals surface area contributed by atoms with Gasteiger partial charge in [-0.25, -0.2) is 4.79 Å². The molecule has 0 radical (unpaired) electrons. The summed E-state index contributed by atoms with van der Waals surface area (Å²) in [4.78, 5) is 45.2. The zero-order chi connectivity index (χ0) is 16.4. The average molecular weight is 304 g/mol. The summed E-state index contributed by atoms with van der Waals surface area (Å²) in [5, 5.41) is 10.7. The molecule has 120 valence electrons. The predicted octanol–water partition coefficient (Wildman–Crippen LogP) is -1.21. The van der Waals surface area contributed by atoms with E-state index in [1.54, 1.807) is 13.8 Å². The van der Waals surface area contributed by atoms with E-state index in [4.69, 9.17) is 15.6 Å². The first kappa shape index (κ1) is 18.8. The lowest BCUT2D eigenvalue weighted by Gasteiger charge is -2.18. The lowest BCUT2D eigenvalue weighted by molar-refractivity contribution is -0.153. The van der Waals surface area contributed by atoms with Crippen molar-refractivity contribution in [2.24, 2.45) is 5.73 Å². The van der Waals surface area contributed by atoms with Crippen molar-refractivity contribution in [1.29, 1.82) is 0 Å². The Morgan fingerprint density at radius 3 is 2.14 bits per heavy atom. The molecule has 0 aromatic rings. The number of nitrogens with one attached hydrogen (secondary N) is 1. The largest absolute Gasteiger partial charge is 0.481 e. The van der Waals surface area contributed by atoms with Crippen molar-refractivity contribution >= 4 is 23.8 Å². The summed E-state index contributed by atoms with van der Waals surface area (Å²) < 4.78 is 9.41. The molecule has 0 aliphatic heterocycles. The number of nitrogens with two attached hydrogens (primary N) is 1. The molecule has 0 unspecified atom stereocenters. The zero-order valence-corrected chi connectivity index (χ0v) is 12.0. The molecule has 0 saturated heterocycles. The molecular weight excluding hydrogens is 284 g/mol. The van der Waals surface area contributed by atoms with Crippen LogP contribution < -0.4 is 11.1 Å². The van der Waals surface area contributed by atoms with Gasteiger partial charge in [0, 0.05) is 0 Å². The Morgan fingerprint density at radius 1 is 1.10 bits per heavy atom. The molecule has 0 aliphatic rings. The van der Waals surface area contributed by atoms with E-state index in [9.17, 15) is 19.2 Å². The lowest BCUT2D eigenvalue weighted by Crippen LogP contribution is -2.50. The van der Waals surface area contributed by atoms with E-state index in [2.05, 4.69) is 10.1 Å². The van der Waals surface area contributed by atoms with Crippen molar-refractivity contribution in [2.45, 2.75) is 38.8 Å². The van der Waals surface area contributed by atoms with Crippen molar-refractivity contribution in [3.63, 3.8) is 0 Å². The maximum atomic E-state index is 11.7. The summed E-state index contributed by atoms with van der Waals surface area (Å²) in [6.45, 7) is 3.35. The summed E-state index contributed by atoms with van der Waals surface area (Å²) in [7, 11) is 0. The molecule has 9 heteroatoms. The Kier molecular flexibility index (Phi) is 8.70. The monoisotopic (exact) mass is 304 g/mol. The number of carboxylic acids is 1. The Bertz CT molecular complexity index is 397. The van der Waals surface area contributed by atoms with Gasteiger partial charge in [-0.05, 0) is 13.8 Å². The molecule has 4 N–H and O–H groups in total. The summed E-state index contributed by atoms with van der Waals surface area (Å²) in [6.07, 6.45) is -1.01. The van der Waals surface area contributed by atoms with Gasteiger partial charge in [-0.1, -0.05) is 0 Å². The molecule has 0 aliphatic carbocycles. The molecule has 0 spiro atoms. The first-order valence-electron chi connectivity index (χ1n) is 6.41. The van der Waals surface area contributed by atoms with Gasteiger partial charge in [0.25, 0.3) is 0 Å². The topological polar surface area (TPSA) is 145 Å². The fraction of sp³-hybridized carbons (Fsp3) is 0.667. The zero-order valence-electron chi connectivity index (χ0n) is 12.0. The van der Waals surface area contributed by atoms with Crippen LogP contribution in [0, 0.1) is 0 Å². The highest BCUT2D eigenvalue weighted by Gasteiger charge is 2.28. The maximum Gasteiger partial charge on any atom is 0.329 e. The Morgan fingerprint density at radius 2 is 1.67 bits per heavy atom. The molecule has 2 atom stereocenters. The quantitative estimate of drug-likeness (QED) is 0.450. The Balaban J connectivity index is 4.72. The molecule has 0 fully saturated rings. The van der Waals surface area contributed by atoms with E-state index in [1.807, 2.05) is 0 Å². The van der Waals surface area contributed by atoms with Crippen LogP contribution in [0.1, 0.15) is 26.7 Å². The van der Waals surface area contributed by atoms with Gasteiger partial charge < -0.3 is 25.6 Å². The molecule has 9 nitrogen and oxygen atoms in total. The number of carbonyl (C=O) groups is 4. The van der Waals surface area contributed by atoms with Crippen molar-refractivity contribution in [3.05, 3.63) is 0 Å². The van der Waals surface area contributed by atoms with Crippen LogP contribution in [0.25, 0.3) is 0 Å². The molecule has 0 aromatic heterocycles. The maximum absolute atomic E-state index is 11.7. The van der Waals surface area contributed by atoms with Crippen LogP contribution in [0.2, 0.25) is 0 Å². The van der Waals surface area contributed by atoms with Gasteiger partial charge in [0.15, 0.2) is 0 Å². The minimum Gasteiger partial charge on any atom is -0.481 e. The number of carboxylic acid groups (broad SMARTS) is 1. The number of amides is 1. The summed E-state index contributed by atoms with van der Waals surface area (Å²) in [5.41, 5.74) is 5.37. The summed E-state index contributed by atoms with van der Waals surface area (Å²) in [6, 6.07) is -2.60. The fourth-order valence-corrected chi connectivity index (χ4v) is 1.38. The van der Waals surface area contributed by atoms with Crippen LogP contribution in [-0.4, -0.2) is 54.2 Å². The second-order valence-electron chi connectivity index (χ2n) is 4.03. The van der Waals surface area contributed by atoms with Crippen LogP contribution in [0.3, 0.4) is 0 Å². The summed E-state index contributed by atoms with van der Waals surface area (Å²) in [5.74, 6) is -3.63. The van der Waals surface area contributed by atoms with Crippen molar-refractivity contribution in [3.8, 4) is 0 Å². The number of ether oxygens (including phenoxy) is 2. The van der Waals surface area contributed by atoms with Crippen LogP contribution in [0.4, 0.5) is 0 Å². The molecule has 1 amide bonds. The van der Waals surface area contributed by atoms with Gasteiger partial charge in [0.1, 0.15) is 6.04 Å². The third-order valence-corrected chi connectivity index (χ3v) is 2.30. The number of rotatable bonds is 9. The first-order chi connectivity index (χ1) is 9.81. The van der Waals surface area contributed by atoms with Gasteiger partial charge in [0.05, 0.1) is 32.1 Å². The number of esters is 2. The fourth-order valence-electron chi connectivity index (χ4n) is 1.38. The van der Waals surface area contributed by atoms with Gasteiger partial charge in [0.2, 0.25) is 5.91 Å². The second-order valence-corrected chi connectivity index (χ2v) is 4.03. The molecule has 0 heterocycles. The van der Waals surface area contributed by atoms with E-state index in [1.165, 1.54) is 0 Å². The van der Waals surface area contributed by atoms with Gasteiger partial charge >= 0.3 is 17.9 Å². The first-order valence-corrected chi connectivity index (χ1v) is 6.41. The molecule has 21 heavy (non-hydrogen) atoms. The third kappa shape index (κ3) is 7.88. The van der Waals surface area contributed by atoms with E-state index < -0.39 is 48.7 Å². The number of carbonyl (C=O) groups excluding carboxylic acids is 3. The molecule has 0 saturated carbocycles. The Hall–Kier alpha value is -2.16. The van der Waals surface area contributed by atoms with Gasteiger partial charge in [-0.15, -0.1) is 0 Å². The van der Waals surface area contributed by atoms with E-state index in [0.717, 1.165) is 0 Å². The second kappa shape index (κ2) is 9.70. The predicted molar refractivity (Wildman–Crippen MR) is 70.0 cm³/mol. The van der Waals surface area contributed by atoms with E-state index in [0.29, 0.717) is 0 Å². The highest BCUT2D eigenvalue weighted by atomic mass is 16.5. The molecule has 0 rings (SSSR count). The van der Waals surface area contributed by atoms with Crippen LogP contribution in [0.5, 0.6) is 0 Å². The molecule has 0 bridgehead atoms. The minimum absolute atomic E-state index is 0.0647. The summed E-state index contributed by atoms with van der Waals surface area (Å²) >= 11 is 0. The minimum atomic E-state index is -1.33. The number of hydrogen-bond acceptors (Lipinski definition) is 7. The highest BCUT2D eigenvalue weighted by Crippen LogP contribution is 2.01. The van der Waals surface area contributed by atoms with Crippen LogP contribution in [-0.2, 0) is 28.7 Å². The smallest absolute Gasteiger partial charge is 0.329 e. The van der Waals surface area contributed by atoms with Crippen LogP contribution >= 0.6 is 0 Å². The third-order valence-electron chi connectivity index (χ3n) is 2.30. The van der Waals surface area contributed by atoms with Crippen molar-refractivity contribution in [2.75, 3.05) is 13.2 Å². The SMILES string of the molecule is CCOC(=O)C[C@H](NC(=O)[C@@H](N)CC(=O)O)C(=O)OCC. The highest BCUT2D eigenvalue weighted by molar-refractivity contribution is 5.91. The Labute approximate surface area is 121 Å². The van der Waals surface area contributed by atoms with E-state index in [-0.39, 0.29) is 13.2 Å². The van der Waals surface area contributed by atoms with Crippen LogP contribution in [0.15, 0.2) is 0 Å². The van der Waals surface area contributed by atoms with E-state index >= 15 is 0 Å². The number of aliphatic carboxylic acids is 1. The lowest BCUT2D eigenvalue weighted by atomic mass is 10.1. The normalized spacial score (nSPS) is 12.9. The van der Waals surface area contributed by atoms with Crippen molar-refractivity contribution < 1.29 is 33.8 Å². The molecular formula is C12H20N2O7. The molecule has 0 aromatic carbocycles.